The molecule has 2 heterocycles. The van der Waals surface area contributed by atoms with E-state index >= 15 is 0 Å². The number of furan rings is 1. The van der Waals surface area contributed by atoms with Gasteiger partial charge in [-0.2, -0.15) is 5.26 Å². The van der Waals surface area contributed by atoms with Gasteiger partial charge in [-0.05, 0) is 100 Å². The van der Waals surface area contributed by atoms with Gasteiger partial charge < -0.3 is 20.1 Å². The Morgan fingerprint density at radius 1 is 0.787 bits per heavy atom. The molecule has 3 N–H and O–H groups in total. The van der Waals surface area contributed by atoms with Crippen LogP contribution in [0.4, 0.5) is 0 Å². The van der Waals surface area contributed by atoms with Crippen LogP contribution in [0.3, 0.4) is 0 Å². The van der Waals surface area contributed by atoms with Crippen molar-refractivity contribution in [2.75, 3.05) is 0 Å². The van der Waals surface area contributed by atoms with E-state index in [1.807, 2.05) is 103 Å². The Morgan fingerprint density at radius 2 is 1.53 bits per heavy atom. The van der Waals surface area contributed by atoms with Crippen LogP contribution in [0, 0.1) is 16.7 Å². The van der Waals surface area contributed by atoms with Gasteiger partial charge in [0.15, 0.2) is 0 Å². The van der Waals surface area contributed by atoms with Crippen molar-refractivity contribution in [3.05, 3.63) is 175 Å². The van der Waals surface area contributed by atoms with Crippen molar-refractivity contribution in [3.8, 4) is 22.9 Å². The second kappa shape index (κ2) is 12.0. The highest BCUT2D eigenvalue weighted by atomic mass is 16.3. The summed E-state index contributed by atoms with van der Waals surface area (Å²) in [4.78, 5) is 0. The number of hydrogen-bond donors (Lipinski definition) is 2. The molecule has 0 aliphatic carbocycles. The molecule has 7 rings (SSSR count). The first kappa shape index (κ1) is 29.1. The summed E-state index contributed by atoms with van der Waals surface area (Å²) in [6.45, 7) is 7.67. The van der Waals surface area contributed by atoms with Crippen molar-refractivity contribution in [2.24, 2.45) is 5.73 Å². The van der Waals surface area contributed by atoms with Crippen LogP contribution in [0.2, 0.25) is 0 Å². The second-order valence-electron chi connectivity index (χ2n) is 11.3. The van der Waals surface area contributed by atoms with Crippen LogP contribution in [0.1, 0.15) is 22.3 Å². The van der Waals surface area contributed by atoms with Crippen LogP contribution in [-0.2, 0) is 0 Å². The van der Waals surface area contributed by atoms with Gasteiger partial charge in [-0.3, -0.25) is 0 Å². The van der Waals surface area contributed by atoms with Gasteiger partial charge in [0.05, 0.1) is 22.9 Å². The first-order valence-corrected chi connectivity index (χ1v) is 15.2. The fourth-order valence-electron chi connectivity index (χ4n) is 5.98. The summed E-state index contributed by atoms with van der Waals surface area (Å²) < 4.78 is 8.32. The average molecular weight is 607 g/mol. The molecule has 7 aromatic rings. The van der Waals surface area contributed by atoms with Crippen molar-refractivity contribution in [3.63, 3.8) is 0 Å². The molecule has 5 aromatic carbocycles. The number of fused-ring (bicyclic) bond motifs is 4. The molecular weight excluding hydrogens is 576 g/mol. The zero-order valence-electron chi connectivity index (χ0n) is 25.6. The molecule has 0 aliphatic rings. The van der Waals surface area contributed by atoms with Crippen molar-refractivity contribution in [1.29, 1.82) is 10.7 Å². The molecule has 0 aliphatic heterocycles. The van der Waals surface area contributed by atoms with Crippen molar-refractivity contribution >= 4 is 49.8 Å². The first-order chi connectivity index (χ1) is 22.9. The number of allylic oxidation sites excluding steroid dienone is 5. The largest absolute Gasteiger partial charge is 0.456 e. The summed E-state index contributed by atoms with van der Waals surface area (Å²) in [6.07, 6.45) is 9.13. The quantitative estimate of drug-likeness (QED) is 0.133. The number of nitrogens with one attached hydrogen (secondary N) is 1. The molecule has 5 heteroatoms. The number of nitriles is 1. The molecule has 2 aromatic heterocycles. The third-order valence-corrected chi connectivity index (χ3v) is 8.43. The van der Waals surface area contributed by atoms with E-state index in [4.69, 9.17) is 15.6 Å². The van der Waals surface area contributed by atoms with Crippen LogP contribution in [0.25, 0.3) is 60.9 Å². The van der Waals surface area contributed by atoms with Crippen LogP contribution in [0.5, 0.6) is 0 Å². The summed E-state index contributed by atoms with van der Waals surface area (Å²) in [5, 5.41) is 21.1. The zero-order chi connectivity index (χ0) is 32.5. The van der Waals surface area contributed by atoms with Crippen molar-refractivity contribution in [1.82, 2.24) is 4.57 Å². The van der Waals surface area contributed by atoms with E-state index < -0.39 is 0 Å². The summed E-state index contributed by atoms with van der Waals surface area (Å²) >= 11 is 0. The lowest BCUT2D eigenvalue weighted by molar-refractivity contribution is 0.669. The highest BCUT2D eigenvalue weighted by molar-refractivity contribution is 6.10. The van der Waals surface area contributed by atoms with E-state index in [-0.39, 0.29) is 0 Å². The van der Waals surface area contributed by atoms with Gasteiger partial charge in [0.2, 0.25) is 0 Å². The van der Waals surface area contributed by atoms with Crippen molar-refractivity contribution in [2.45, 2.75) is 0 Å². The maximum absolute atomic E-state index is 9.28. The molecular formula is C42H30N4O. The van der Waals surface area contributed by atoms with Crippen LogP contribution in [-0.4, -0.2) is 10.3 Å². The third-order valence-electron chi connectivity index (χ3n) is 8.43. The van der Waals surface area contributed by atoms with Crippen LogP contribution in [0.15, 0.2) is 157 Å². The van der Waals surface area contributed by atoms with Crippen LogP contribution >= 0.6 is 0 Å². The van der Waals surface area contributed by atoms with Gasteiger partial charge in [-0.1, -0.05) is 79.9 Å². The molecule has 0 amide bonds. The highest BCUT2D eigenvalue weighted by Gasteiger charge is 2.12. The molecule has 0 fully saturated rings. The number of nitrogens with two attached hydrogens (primary N) is 1. The summed E-state index contributed by atoms with van der Waals surface area (Å²) in [6, 6.07) is 38.2. The van der Waals surface area contributed by atoms with Gasteiger partial charge in [-0.15, -0.1) is 0 Å². The molecule has 0 unspecified atom stereocenters. The smallest absolute Gasteiger partial charge is 0.135 e. The van der Waals surface area contributed by atoms with Gasteiger partial charge in [-0.25, -0.2) is 0 Å². The fraction of sp³-hybridized carbons (Fsp3) is 0. The van der Waals surface area contributed by atoms with Gasteiger partial charge in [0, 0.05) is 33.7 Å². The zero-order valence-corrected chi connectivity index (χ0v) is 25.6. The molecule has 0 bridgehead atoms. The van der Waals surface area contributed by atoms with E-state index in [2.05, 4.69) is 42.0 Å². The predicted octanol–water partition coefficient (Wildman–Crippen LogP) is 10.2. The van der Waals surface area contributed by atoms with E-state index in [0.29, 0.717) is 17.0 Å². The Morgan fingerprint density at radius 3 is 2.30 bits per heavy atom. The SMILES string of the molecule is C=C/C=C(\C=C)c1cccc(/C(N)=C/C(=N)c2ccc(-c3ccc4oc5ccc(-n6ccc7cc(C#N)ccc76)cc5c4c3)cc2)c1. The van der Waals surface area contributed by atoms with E-state index in [1.165, 1.54) is 0 Å². The van der Waals surface area contributed by atoms with E-state index in [0.717, 1.165) is 71.9 Å². The lowest BCUT2D eigenvalue weighted by Crippen LogP contribution is -2.03. The molecule has 0 radical (unpaired) electrons. The normalized spacial score (nSPS) is 12.0. The minimum Gasteiger partial charge on any atom is -0.456 e. The maximum atomic E-state index is 9.28. The molecule has 0 saturated carbocycles. The van der Waals surface area contributed by atoms with Crippen molar-refractivity contribution < 1.29 is 4.42 Å². The monoisotopic (exact) mass is 606 g/mol. The van der Waals surface area contributed by atoms with Crippen LogP contribution < -0.4 is 5.73 Å². The Kier molecular flexibility index (Phi) is 7.45. The molecule has 0 spiro atoms. The summed E-state index contributed by atoms with van der Waals surface area (Å²) in [7, 11) is 0. The minimum absolute atomic E-state index is 0.329. The molecule has 224 valence electrons. The van der Waals surface area contributed by atoms with Gasteiger partial charge >= 0.3 is 0 Å². The Hall–Kier alpha value is -6.64. The average Bonchev–Trinajstić information content (AvgIpc) is 3.71. The lowest BCUT2D eigenvalue weighted by Gasteiger charge is -2.08. The standard InChI is InChI=1S/C42H30N4O/c1-3-6-28(4-2)31-7-5-8-33(22-31)39(45)25-38(44)30-12-10-29(11-13-30)32-14-17-41-36(23-32)37-24-35(15-18-42(37)47-41)46-20-19-34-21-27(26-43)9-16-40(34)46/h3-25,44H,1-2,45H2/b28-6+,39-25-,44-38?. The lowest BCUT2D eigenvalue weighted by atomic mass is 9.98. The Balaban J connectivity index is 1.17. The Bertz CT molecular complexity index is 2480. The number of rotatable bonds is 8. The summed E-state index contributed by atoms with van der Waals surface area (Å²) in [5.74, 6) is 0. The van der Waals surface area contributed by atoms with E-state index in [9.17, 15) is 5.26 Å². The number of nitrogens with zero attached hydrogens (tertiary/aromatic N) is 2. The predicted molar refractivity (Wildman–Crippen MR) is 195 cm³/mol. The number of benzene rings is 5. The van der Waals surface area contributed by atoms with E-state index in [1.54, 1.807) is 18.2 Å². The topological polar surface area (TPSA) is 91.7 Å². The van der Waals surface area contributed by atoms with Gasteiger partial charge in [0.25, 0.3) is 0 Å². The fourth-order valence-corrected chi connectivity index (χ4v) is 5.98. The number of hydrogen-bond acceptors (Lipinski definition) is 4. The third kappa shape index (κ3) is 5.45. The second-order valence-corrected chi connectivity index (χ2v) is 11.3. The molecule has 0 saturated heterocycles. The maximum Gasteiger partial charge on any atom is 0.135 e. The molecule has 5 nitrogen and oxygen atoms in total. The minimum atomic E-state index is 0.329. The number of aromatic nitrogens is 1. The molecule has 0 atom stereocenters. The highest BCUT2D eigenvalue weighted by Crippen LogP contribution is 2.34. The first-order valence-electron chi connectivity index (χ1n) is 15.2. The molecule has 47 heavy (non-hydrogen) atoms. The summed E-state index contributed by atoms with van der Waals surface area (Å²) in [5.41, 5.74) is 17.2. The van der Waals surface area contributed by atoms with Gasteiger partial charge in [0.1, 0.15) is 11.2 Å². The Labute approximate surface area is 272 Å².